The summed E-state index contributed by atoms with van der Waals surface area (Å²) in [6.07, 6.45) is 0.0337. The van der Waals surface area contributed by atoms with Crippen LogP contribution in [0, 0.1) is 6.92 Å². The predicted molar refractivity (Wildman–Crippen MR) is 114 cm³/mol. The number of aryl methyl sites for hydroxylation is 1. The van der Waals surface area contributed by atoms with E-state index in [9.17, 15) is 14.4 Å². The molecule has 0 radical (unpaired) electrons. The number of fused-ring (bicyclic) bond motifs is 1. The Balaban J connectivity index is 1.56. The Morgan fingerprint density at radius 3 is 2.75 bits per heavy atom. The fourth-order valence-corrected chi connectivity index (χ4v) is 4.38. The standard InChI is InChI=1S/C20H20BrN3O3S/c1-12-9-13(21)7-8-14(12)22-18(25)11-24(2)19(26)10-17-20(27)23-15-5-3-4-6-16(15)28-17/h3-9,17H,10-11H2,1-2H3,(H,22,25)(H,23,27). The highest BCUT2D eigenvalue weighted by Crippen LogP contribution is 2.36. The Morgan fingerprint density at radius 2 is 2.00 bits per heavy atom. The first-order chi connectivity index (χ1) is 13.3. The number of halogens is 1. The molecule has 8 heteroatoms. The van der Waals surface area contributed by atoms with Gasteiger partial charge in [0.25, 0.3) is 0 Å². The summed E-state index contributed by atoms with van der Waals surface area (Å²) >= 11 is 4.75. The molecule has 0 fully saturated rings. The molecule has 0 saturated carbocycles. The van der Waals surface area contributed by atoms with Crippen LogP contribution in [0.25, 0.3) is 0 Å². The average molecular weight is 462 g/mol. The van der Waals surface area contributed by atoms with Crippen molar-refractivity contribution >= 4 is 56.8 Å². The highest BCUT2D eigenvalue weighted by molar-refractivity contribution is 9.10. The van der Waals surface area contributed by atoms with Gasteiger partial charge >= 0.3 is 0 Å². The Kier molecular flexibility index (Phi) is 6.41. The SMILES string of the molecule is Cc1cc(Br)ccc1NC(=O)CN(C)C(=O)CC1Sc2ccccc2NC1=O. The van der Waals surface area contributed by atoms with Crippen molar-refractivity contribution in [1.82, 2.24) is 4.90 Å². The van der Waals surface area contributed by atoms with Gasteiger partial charge in [-0.3, -0.25) is 14.4 Å². The molecule has 0 aliphatic carbocycles. The van der Waals surface area contributed by atoms with Crippen LogP contribution in [0.5, 0.6) is 0 Å². The molecule has 0 saturated heterocycles. The number of thioether (sulfide) groups is 1. The summed E-state index contributed by atoms with van der Waals surface area (Å²) in [5.74, 6) is -0.734. The number of rotatable bonds is 5. The molecule has 0 spiro atoms. The van der Waals surface area contributed by atoms with Crippen molar-refractivity contribution < 1.29 is 14.4 Å². The molecule has 2 aromatic rings. The first kappa shape index (κ1) is 20.4. The summed E-state index contributed by atoms with van der Waals surface area (Å²) in [6.45, 7) is 1.82. The van der Waals surface area contributed by atoms with E-state index in [1.54, 1.807) is 13.1 Å². The van der Waals surface area contributed by atoms with E-state index in [0.29, 0.717) is 5.69 Å². The number of hydrogen-bond acceptors (Lipinski definition) is 4. The summed E-state index contributed by atoms with van der Waals surface area (Å²) < 4.78 is 0.931. The second-order valence-electron chi connectivity index (χ2n) is 6.55. The van der Waals surface area contributed by atoms with E-state index >= 15 is 0 Å². The van der Waals surface area contributed by atoms with Gasteiger partial charge in [-0.2, -0.15) is 0 Å². The van der Waals surface area contributed by atoms with Gasteiger partial charge in [0.1, 0.15) is 0 Å². The van der Waals surface area contributed by atoms with Crippen molar-refractivity contribution in [3.05, 3.63) is 52.5 Å². The normalized spacial score (nSPS) is 15.4. The molecule has 0 bridgehead atoms. The Morgan fingerprint density at radius 1 is 1.25 bits per heavy atom. The minimum absolute atomic E-state index is 0.0337. The molecule has 1 unspecified atom stereocenters. The van der Waals surface area contributed by atoms with E-state index in [0.717, 1.165) is 20.6 Å². The van der Waals surface area contributed by atoms with Crippen molar-refractivity contribution in [3.63, 3.8) is 0 Å². The molecule has 0 aromatic heterocycles. The first-order valence-electron chi connectivity index (χ1n) is 8.70. The van der Waals surface area contributed by atoms with Crippen molar-refractivity contribution in [2.75, 3.05) is 24.2 Å². The lowest BCUT2D eigenvalue weighted by Gasteiger charge is -2.25. The number of hydrogen-bond donors (Lipinski definition) is 2. The zero-order valence-corrected chi connectivity index (χ0v) is 17.9. The first-order valence-corrected chi connectivity index (χ1v) is 10.4. The highest BCUT2D eigenvalue weighted by Gasteiger charge is 2.30. The Bertz CT molecular complexity index is 935. The van der Waals surface area contributed by atoms with Gasteiger partial charge in [0.2, 0.25) is 17.7 Å². The lowest BCUT2D eigenvalue weighted by molar-refractivity contribution is -0.134. The van der Waals surface area contributed by atoms with Crippen molar-refractivity contribution in [2.45, 2.75) is 23.5 Å². The van der Waals surface area contributed by atoms with Crippen LogP contribution in [0.15, 0.2) is 51.8 Å². The van der Waals surface area contributed by atoms with E-state index < -0.39 is 5.25 Å². The fraction of sp³-hybridized carbons (Fsp3) is 0.250. The molecule has 1 heterocycles. The third-order valence-corrected chi connectivity index (χ3v) is 6.10. The van der Waals surface area contributed by atoms with Crippen molar-refractivity contribution in [1.29, 1.82) is 0 Å². The number of para-hydroxylation sites is 1. The number of carbonyl (C=O) groups excluding carboxylic acids is 3. The van der Waals surface area contributed by atoms with Gasteiger partial charge in [-0.25, -0.2) is 0 Å². The van der Waals surface area contributed by atoms with Crippen LogP contribution in [-0.4, -0.2) is 41.5 Å². The van der Waals surface area contributed by atoms with Gasteiger partial charge in [0.05, 0.1) is 17.5 Å². The molecule has 146 valence electrons. The number of nitrogens with one attached hydrogen (secondary N) is 2. The Hall–Kier alpha value is -2.32. The van der Waals surface area contributed by atoms with Gasteiger partial charge in [-0.05, 0) is 42.8 Å². The van der Waals surface area contributed by atoms with Crippen LogP contribution in [0.1, 0.15) is 12.0 Å². The number of nitrogens with zero attached hydrogens (tertiary/aromatic N) is 1. The average Bonchev–Trinajstić information content (AvgIpc) is 2.64. The van der Waals surface area contributed by atoms with Crippen LogP contribution in [0.3, 0.4) is 0 Å². The maximum atomic E-state index is 12.5. The summed E-state index contributed by atoms with van der Waals surface area (Å²) in [4.78, 5) is 39.3. The van der Waals surface area contributed by atoms with Gasteiger partial charge in [-0.1, -0.05) is 28.1 Å². The van der Waals surface area contributed by atoms with Crippen LogP contribution < -0.4 is 10.6 Å². The quantitative estimate of drug-likeness (QED) is 0.711. The van der Waals surface area contributed by atoms with Crippen LogP contribution >= 0.6 is 27.7 Å². The van der Waals surface area contributed by atoms with Gasteiger partial charge in [0, 0.05) is 28.5 Å². The minimum Gasteiger partial charge on any atom is -0.336 e. The molecule has 1 aliphatic heterocycles. The van der Waals surface area contributed by atoms with Crippen LogP contribution in [0.4, 0.5) is 11.4 Å². The van der Waals surface area contributed by atoms with Gasteiger partial charge < -0.3 is 15.5 Å². The number of anilines is 2. The van der Waals surface area contributed by atoms with E-state index in [-0.39, 0.29) is 30.7 Å². The maximum Gasteiger partial charge on any atom is 0.243 e. The molecule has 1 atom stereocenters. The third-order valence-electron chi connectivity index (χ3n) is 4.34. The molecular formula is C20H20BrN3O3S. The molecule has 6 nitrogen and oxygen atoms in total. The van der Waals surface area contributed by atoms with Crippen LogP contribution in [-0.2, 0) is 14.4 Å². The lowest BCUT2D eigenvalue weighted by Crippen LogP contribution is -2.39. The molecule has 3 rings (SSSR count). The van der Waals surface area contributed by atoms with Gasteiger partial charge in [0.15, 0.2) is 0 Å². The number of carbonyl (C=O) groups is 3. The summed E-state index contributed by atoms with van der Waals surface area (Å²) in [5.41, 5.74) is 2.39. The highest BCUT2D eigenvalue weighted by atomic mass is 79.9. The lowest BCUT2D eigenvalue weighted by atomic mass is 10.2. The Labute approximate surface area is 176 Å². The molecule has 2 aromatic carbocycles. The van der Waals surface area contributed by atoms with Gasteiger partial charge in [-0.15, -0.1) is 11.8 Å². The second-order valence-corrected chi connectivity index (χ2v) is 8.71. The monoisotopic (exact) mass is 461 g/mol. The number of benzene rings is 2. The van der Waals surface area contributed by atoms with Crippen molar-refractivity contribution in [2.24, 2.45) is 0 Å². The fourth-order valence-electron chi connectivity index (χ4n) is 2.80. The van der Waals surface area contributed by atoms with E-state index in [2.05, 4.69) is 26.6 Å². The molecular weight excluding hydrogens is 442 g/mol. The predicted octanol–water partition coefficient (Wildman–Crippen LogP) is 3.66. The van der Waals surface area contributed by atoms with Crippen molar-refractivity contribution in [3.8, 4) is 0 Å². The second kappa shape index (κ2) is 8.79. The smallest absolute Gasteiger partial charge is 0.243 e. The zero-order valence-electron chi connectivity index (χ0n) is 15.5. The molecule has 2 N–H and O–H groups in total. The number of amides is 3. The summed E-state index contributed by atoms with van der Waals surface area (Å²) in [5, 5.41) is 5.12. The van der Waals surface area contributed by atoms with E-state index in [1.807, 2.05) is 43.3 Å². The summed E-state index contributed by atoms with van der Waals surface area (Å²) in [7, 11) is 1.57. The topological polar surface area (TPSA) is 78.5 Å². The largest absolute Gasteiger partial charge is 0.336 e. The third kappa shape index (κ3) is 4.94. The molecule has 1 aliphatic rings. The number of likely N-dealkylation sites (N-methyl/N-ethyl adjacent to an activating group) is 1. The molecule has 28 heavy (non-hydrogen) atoms. The summed E-state index contributed by atoms with van der Waals surface area (Å²) in [6, 6.07) is 13.0. The zero-order chi connectivity index (χ0) is 20.3. The van der Waals surface area contributed by atoms with Crippen LogP contribution in [0.2, 0.25) is 0 Å². The van der Waals surface area contributed by atoms with E-state index in [1.165, 1.54) is 16.7 Å². The minimum atomic E-state index is -0.512. The van der Waals surface area contributed by atoms with E-state index in [4.69, 9.17) is 0 Å². The molecule has 3 amide bonds. The maximum absolute atomic E-state index is 12.5.